The molecule has 4 aliphatic rings. The van der Waals surface area contributed by atoms with Crippen LogP contribution in [-0.2, 0) is 9.53 Å². The first kappa shape index (κ1) is 12.1. The number of esters is 1. The average Bonchev–Trinajstić information content (AvgIpc) is 2.87. The number of carbonyl (C=O) groups excluding carboxylic acids is 1. The summed E-state index contributed by atoms with van der Waals surface area (Å²) in [5.41, 5.74) is 6.68. The van der Waals surface area contributed by atoms with Crippen molar-refractivity contribution in [1.82, 2.24) is 20.9 Å². The largest absolute Gasteiger partial charge is 0.460 e. The highest BCUT2D eigenvalue weighted by molar-refractivity contribution is 5.74. The van der Waals surface area contributed by atoms with E-state index in [9.17, 15) is 4.79 Å². The normalized spacial score (nSPS) is 48.2. The van der Waals surface area contributed by atoms with Gasteiger partial charge in [-0.2, -0.15) is 0 Å². The van der Waals surface area contributed by atoms with E-state index in [0.29, 0.717) is 11.8 Å². The number of hydrogen-bond donors (Lipinski definition) is 2. The number of hydrazine groups is 2. The molecule has 4 aliphatic heterocycles. The van der Waals surface area contributed by atoms with Crippen LogP contribution in [0.25, 0.3) is 0 Å². The van der Waals surface area contributed by atoms with E-state index in [2.05, 4.69) is 20.9 Å². The van der Waals surface area contributed by atoms with Gasteiger partial charge in [0.25, 0.3) is 0 Å². The van der Waals surface area contributed by atoms with Crippen molar-refractivity contribution in [2.24, 2.45) is 17.8 Å². The second kappa shape index (κ2) is 4.70. The molecule has 106 valence electrons. The Morgan fingerprint density at radius 1 is 0.947 bits per heavy atom. The molecule has 4 fully saturated rings. The lowest BCUT2D eigenvalue weighted by molar-refractivity contribution is -0.155. The summed E-state index contributed by atoms with van der Waals surface area (Å²) in [5.74, 6) is 1.14. The minimum Gasteiger partial charge on any atom is -0.460 e. The van der Waals surface area contributed by atoms with Crippen molar-refractivity contribution < 1.29 is 9.53 Å². The van der Waals surface area contributed by atoms with Crippen molar-refractivity contribution in [2.75, 3.05) is 39.3 Å². The molecule has 0 aromatic rings. The third-order valence-corrected chi connectivity index (χ3v) is 5.09. The summed E-state index contributed by atoms with van der Waals surface area (Å²) in [6.45, 7) is 5.72. The van der Waals surface area contributed by atoms with Gasteiger partial charge in [0.2, 0.25) is 0 Å². The molecule has 0 aromatic carbocycles. The molecular formula is C13H22N4O2. The highest BCUT2D eigenvalue weighted by Crippen LogP contribution is 2.31. The Kier molecular flexibility index (Phi) is 2.99. The molecule has 0 saturated carbocycles. The van der Waals surface area contributed by atoms with Crippen LogP contribution in [0, 0.1) is 17.8 Å². The minimum atomic E-state index is 0.0370. The number of ether oxygens (including phenoxy) is 1. The molecule has 2 N–H and O–H groups in total. The van der Waals surface area contributed by atoms with Crippen molar-refractivity contribution in [3.8, 4) is 0 Å². The highest BCUT2D eigenvalue weighted by atomic mass is 16.5. The number of fused-ring (bicyclic) bond motifs is 4. The molecule has 0 aliphatic carbocycles. The molecule has 6 heteroatoms. The summed E-state index contributed by atoms with van der Waals surface area (Å²) in [6, 6.07) is 0. The van der Waals surface area contributed by atoms with E-state index in [1.165, 1.54) is 0 Å². The highest BCUT2D eigenvalue weighted by Gasteiger charge is 2.44. The van der Waals surface area contributed by atoms with Crippen LogP contribution in [0.2, 0.25) is 0 Å². The lowest BCUT2D eigenvalue weighted by atomic mass is 9.92. The van der Waals surface area contributed by atoms with E-state index < -0.39 is 0 Å². The van der Waals surface area contributed by atoms with Gasteiger partial charge in [-0.25, -0.2) is 10.0 Å². The number of hydrogen-bond acceptors (Lipinski definition) is 6. The summed E-state index contributed by atoms with van der Waals surface area (Å²) in [6.07, 6.45) is 2.32. The van der Waals surface area contributed by atoms with Gasteiger partial charge in [-0.3, -0.25) is 15.6 Å². The maximum Gasteiger partial charge on any atom is 0.310 e. The van der Waals surface area contributed by atoms with Crippen LogP contribution in [0.3, 0.4) is 0 Å². The zero-order valence-corrected chi connectivity index (χ0v) is 11.2. The third-order valence-electron chi connectivity index (χ3n) is 5.09. The predicted octanol–water partition coefficient (Wildman–Crippen LogP) is -0.805. The first-order valence-corrected chi connectivity index (χ1v) is 7.47. The van der Waals surface area contributed by atoms with Crippen LogP contribution in [0.4, 0.5) is 0 Å². The molecule has 0 spiro atoms. The van der Waals surface area contributed by atoms with Crippen LogP contribution in [-0.4, -0.2) is 61.4 Å². The average molecular weight is 266 g/mol. The predicted molar refractivity (Wildman–Crippen MR) is 68.7 cm³/mol. The molecule has 4 saturated heterocycles. The van der Waals surface area contributed by atoms with Gasteiger partial charge in [-0.15, -0.1) is 0 Å². The summed E-state index contributed by atoms with van der Waals surface area (Å²) in [5, 5.41) is 4.38. The second-order valence-electron chi connectivity index (χ2n) is 6.31. The maximum absolute atomic E-state index is 12.4. The Balaban J connectivity index is 1.39. The molecule has 6 unspecified atom stereocenters. The second-order valence-corrected chi connectivity index (χ2v) is 6.31. The standard InChI is InChI=1S/C13H22N4O2/c18-13(11-7-16-5-9(11)1-3-14-16)19-12-8-17-6-10(12)2-4-15-17/h9-12,14-15H,1-8H2. The fourth-order valence-corrected chi connectivity index (χ4v) is 3.99. The Bertz CT molecular complexity index is 378. The summed E-state index contributed by atoms with van der Waals surface area (Å²) >= 11 is 0. The molecule has 19 heavy (non-hydrogen) atoms. The van der Waals surface area contributed by atoms with E-state index in [0.717, 1.165) is 52.1 Å². The van der Waals surface area contributed by atoms with Gasteiger partial charge in [0, 0.05) is 38.6 Å². The first-order valence-electron chi connectivity index (χ1n) is 7.47. The molecule has 6 nitrogen and oxygen atoms in total. The molecular weight excluding hydrogens is 244 g/mol. The van der Waals surface area contributed by atoms with Crippen molar-refractivity contribution in [1.29, 1.82) is 0 Å². The van der Waals surface area contributed by atoms with Crippen LogP contribution in [0.15, 0.2) is 0 Å². The fraction of sp³-hybridized carbons (Fsp3) is 0.923. The van der Waals surface area contributed by atoms with Crippen molar-refractivity contribution in [3.63, 3.8) is 0 Å². The van der Waals surface area contributed by atoms with E-state index >= 15 is 0 Å². The summed E-state index contributed by atoms with van der Waals surface area (Å²) < 4.78 is 5.84. The Hall–Kier alpha value is -0.690. The maximum atomic E-state index is 12.4. The lowest BCUT2D eigenvalue weighted by Gasteiger charge is -2.24. The number of rotatable bonds is 2. The van der Waals surface area contributed by atoms with Crippen molar-refractivity contribution in [2.45, 2.75) is 18.9 Å². The number of nitrogens with one attached hydrogen (secondary N) is 2. The Labute approximate surface area is 113 Å². The topological polar surface area (TPSA) is 56.8 Å². The van der Waals surface area contributed by atoms with Crippen LogP contribution >= 0.6 is 0 Å². The van der Waals surface area contributed by atoms with Gasteiger partial charge in [0.1, 0.15) is 6.10 Å². The lowest BCUT2D eigenvalue weighted by Crippen LogP contribution is -2.40. The third kappa shape index (κ3) is 2.16. The first-order chi connectivity index (χ1) is 9.29. The summed E-state index contributed by atoms with van der Waals surface area (Å²) in [4.78, 5) is 12.4. The van der Waals surface area contributed by atoms with E-state index in [1.54, 1.807) is 0 Å². The van der Waals surface area contributed by atoms with Gasteiger partial charge < -0.3 is 4.74 Å². The molecule has 6 atom stereocenters. The smallest absolute Gasteiger partial charge is 0.310 e. The fourth-order valence-electron chi connectivity index (χ4n) is 3.99. The van der Waals surface area contributed by atoms with Crippen molar-refractivity contribution >= 4 is 5.97 Å². The monoisotopic (exact) mass is 266 g/mol. The molecule has 0 aromatic heterocycles. The SMILES string of the molecule is O=C(OC1CN2CC1CCN2)C1CN2CC1CCN2. The van der Waals surface area contributed by atoms with Gasteiger partial charge in [0.05, 0.1) is 12.5 Å². The van der Waals surface area contributed by atoms with Crippen LogP contribution in [0.1, 0.15) is 12.8 Å². The van der Waals surface area contributed by atoms with Gasteiger partial charge in [-0.1, -0.05) is 0 Å². The van der Waals surface area contributed by atoms with E-state index in [4.69, 9.17) is 4.74 Å². The number of carbonyl (C=O) groups is 1. The Morgan fingerprint density at radius 2 is 1.63 bits per heavy atom. The van der Waals surface area contributed by atoms with E-state index in [-0.39, 0.29) is 18.0 Å². The van der Waals surface area contributed by atoms with Gasteiger partial charge in [-0.05, 0) is 18.8 Å². The van der Waals surface area contributed by atoms with Gasteiger partial charge >= 0.3 is 5.97 Å². The van der Waals surface area contributed by atoms with Gasteiger partial charge in [0.15, 0.2) is 0 Å². The summed E-state index contributed by atoms with van der Waals surface area (Å²) in [7, 11) is 0. The zero-order chi connectivity index (χ0) is 12.8. The zero-order valence-electron chi connectivity index (χ0n) is 11.2. The minimum absolute atomic E-state index is 0.0370. The van der Waals surface area contributed by atoms with Crippen molar-refractivity contribution in [3.05, 3.63) is 0 Å². The molecule has 4 bridgehead atoms. The van der Waals surface area contributed by atoms with Crippen LogP contribution < -0.4 is 10.9 Å². The quantitative estimate of drug-likeness (QED) is 0.638. The Morgan fingerprint density at radius 3 is 2.37 bits per heavy atom. The number of nitrogens with zero attached hydrogens (tertiary/aromatic N) is 2. The van der Waals surface area contributed by atoms with Crippen LogP contribution in [0.5, 0.6) is 0 Å². The molecule has 4 rings (SSSR count). The molecule has 4 heterocycles. The molecule has 0 amide bonds. The van der Waals surface area contributed by atoms with E-state index in [1.807, 2.05) is 0 Å². The molecule has 0 radical (unpaired) electrons.